The number of rotatable bonds is 9. The van der Waals surface area contributed by atoms with E-state index in [1.165, 1.54) is 10.4 Å². The van der Waals surface area contributed by atoms with Gasteiger partial charge in [-0.15, -0.1) is 11.3 Å². The molecule has 1 heterocycles. The van der Waals surface area contributed by atoms with Gasteiger partial charge in [0.2, 0.25) is 0 Å². The standard InChI is InChI=1S/C18H25N3OS/c1-15(16-7-3-2-4-8-16)22-13-6-11-20-18(19)21-12-10-17-9-5-14-23-17/h2-5,7-9,14-15H,6,10-13H2,1H3,(H3,19,20,21). The molecular weight excluding hydrogens is 306 g/mol. The highest BCUT2D eigenvalue weighted by Crippen LogP contribution is 2.15. The maximum absolute atomic E-state index is 5.85. The summed E-state index contributed by atoms with van der Waals surface area (Å²) in [5.41, 5.74) is 7.05. The smallest absolute Gasteiger partial charge is 0.188 e. The Morgan fingerprint density at radius 3 is 2.83 bits per heavy atom. The number of benzene rings is 1. The first-order valence-electron chi connectivity index (χ1n) is 7.98. The predicted molar refractivity (Wildman–Crippen MR) is 97.9 cm³/mol. The molecule has 0 aliphatic rings. The van der Waals surface area contributed by atoms with Gasteiger partial charge >= 0.3 is 0 Å². The summed E-state index contributed by atoms with van der Waals surface area (Å²) in [6.45, 7) is 4.25. The number of nitrogens with zero attached hydrogens (tertiary/aromatic N) is 1. The Morgan fingerprint density at radius 1 is 1.26 bits per heavy atom. The molecule has 0 saturated carbocycles. The topological polar surface area (TPSA) is 59.6 Å². The SMILES string of the molecule is CC(OCCCN=C(N)NCCc1cccs1)c1ccccc1. The van der Waals surface area contributed by atoms with E-state index >= 15 is 0 Å². The van der Waals surface area contributed by atoms with Crippen molar-refractivity contribution in [1.29, 1.82) is 0 Å². The Kier molecular flexibility index (Phi) is 7.63. The van der Waals surface area contributed by atoms with Gasteiger partial charge in [-0.1, -0.05) is 36.4 Å². The Labute approximate surface area is 142 Å². The number of ether oxygens (including phenoxy) is 1. The second-order valence-corrected chi connectivity index (χ2v) is 6.33. The summed E-state index contributed by atoms with van der Waals surface area (Å²) < 4.78 is 5.81. The van der Waals surface area contributed by atoms with Crippen LogP contribution in [0.2, 0.25) is 0 Å². The van der Waals surface area contributed by atoms with Gasteiger partial charge in [-0.25, -0.2) is 0 Å². The second kappa shape index (κ2) is 10.0. The zero-order valence-electron chi connectivity index (χ0n) is 13.6. The summed E-state index contributed by atoms with van der Waals surface area (Å²) in [6, 6.07) is 14.4. The lowest BCUT2D eigenvalue weighted by Gasteiger charge is -2.12. The van der Waals surface area contributed by atoms with E-state index in [0.717, 1.165) is 19.4 Å². The normalized spacial score (nSPS) is 13.0. The quantitative estimate of drug-likeness (QED) is 0.421. The van der Waals surface area contributed by atoms with Crippen LogP contribution in [-0.2, 0) is 11.2 Å². The molecule has 0 radical (unpaired) electrons. The van der Waals surface area contributed by atoms with Crippen molar-refractivity contribution in [3.8, 4) is 0 Å². The molecule has 1 unspecified atom stereocenters. The minimum atomic E-state index is 0.112. The van der Waals surface area contributed by atoms with Crippen LogP contribution >= 0.6 is 11.3 Å². The number of aliphatic imine (C=N–C) groups is 1. The molecule has 1 aromatic carbocycles. The van der Waals surface area contributed by atoms with Gasteiger partial charge in [0.05, 0.1) is 6.10 Å². The van der Waals surface area contributed by atoms with Crippen molar-refractivity contribution in [3.63, 3.8) is 0 Å². The fourth-order valence-corrected chi connectivity index (χ4v) is 2.88. The fraction of sp³-hybridized carbons (Fsp3) is 0.389. The Morgan fingerprint density at radius 2 is 2.09 bits per heavy atom. The second-order valence-electron chi connectivity index (χ2n) is 5.30. The van der Waals surface area contributed by atoms with Gasteiger partial charge in [0.25, 0.3) is 0 Å². The van der Waals surface area contributed by atoms with Crippen molar-refractivity contribution in [2.75, 3.05) is 19.7 Å². The molecule has 0 aliphatic carbocycles. The van der Waals surface area contributed by atoms with Gasteiger partial charge < -0.3 is 15.8 Å². The number of hydrogen-bond acceptors (Lipinski definition) is 3. The summed E-state index contributed by atoms with van der Waals surface area (Å²) in [7, 11) is 0. The first kappa shape index (κ1) is 17.5. The molecule has 0 bridgehead atoms. The first-order chi connectivity index (χ1) is 11.3. The molecule has 23 heavy (non-hydrogen) atoms. The lowest BCUT2D eigenvalue weighted by Crippen LogP contribution is -2.33. The number of nitrogens with one attached hydrogen (secondary N) is 1. The van der Waals surface area contributed by atoms with Crippen LogP contribution in [0.15, 0.2) is 52.8 Å². The maximum atomic E-state index is 5.85. The molecule has 1 aromatic heterocycles. The van der Waals surface area contributed by atoms with Crippen molar-refractivity contribution in [2.45, 2.75) is 25.9 Å². The minimum absolute atomic E-state index is 0.112. The van der Waals surface area contributed by atoms with E-state index < -0.39 is 0 Å². The van der Waals surface area contributed by atoms with Crippen molar-refractivity contribution in [1.82, 2.24) is 5.32 Å². The molecule has 5 heteroatoms. The van der Waals surface area contributed by atoms with Crippen molar-refractivity contribution in [2.24, 2.45) is 10.7 Å². The number of nitrogens with two attached hydrogens (primary N) is 1. The fourth-order valence-electron chi connectivity index (χ4n) is 2.17. The molecule has 124 valence electrons. The molecule has 2 rings (SSSR count). The Bertz CT molecular complexity index is 569. The van der Waals surface area contributed by atoms with Gasteiger partial charge in [0.15, 0.2) is 5.96 Å². The summed E-state index contributed by atoms with van der Waals surface area (Å²) in [5.74, 6) is 0.512. The highest BCUT2D eigenvalue weighted by molar-refractivity contribution is 7.09. The van der Waals surface area contributed by atoms with Gasteiger partial charge in [-0.05, 0) is 36.8 Å². The van der Waals surface area contributed by atoms with E-state index in [-0.39, 0.29) is 6.10 Å². The minimum Gasteiger partial charge on any atom is -0.374 e. The van der Waals surface area contributed by atoms with E-state index in [1.807, 2.05) is 18.2 Å². The van der Waals surface area contributed by atoms with Gasteiger partial charge in [0, 0.05) is 24.6 Å². The average molecular weight is 331 g/mol. The molecule has 1 atom stereocenters. The van der Waals surface area contributed by atoms with Gasteiger partial charge in [0.1, 0.15) is 0 Å². The average Bonchev–Trinajstić information content (AvgIpc) is 3.08. The third kappa shape index (κ3) is 6.84. The molecule has 3 N–H and O–H groups in total. The van der Waals surface area contributed by atoms with Crippen LogP contribution in [0.1, 0.15) is 29.9 Å². The Hall–Kier alpha value is -1.85. The lowest BCUT2D eigenvalue weighted by atomic mass is 10.1. The van der Waals surface area contributed by atoms with Crippen LogP contribution in [0.5, 0.6) is 0 Å². The molecular formula is C18H25N3OS. The van der Waals surface area contributed by atoms with Crippen LogP contribution in [0.25, 0.3) is 0 Å². The molecule has 4 nitrogen and oxygen atoms in total. The summed E-state index contributed by atoms with van der Waals surface area (Å²) >= 11 is 1.76. The largest absolute Gasteiger partial charge is 0.374 e. The number of thiophene rings is 1. The molecule has 0 aliphatic heterocycles. The highest BCUT2D eigenvalue weighted by atomic mass is 32.1. The number of hydrogen-bond donors (Lipinski definition) is 2. The molecule has 2 aromatic rings. The number of guanidine groups is 1. The molecule has 0 fully saturated rings. The predicted octanol–water partition coefficient (Wildman–Crippen LogP) is 3.36. The highest BCUT2D eigenvalue weighted by Gasteiger charge is 2.03. The first-order valence-corrected chi connectivity index (χ1v) is 8.86. The van der Waals surface area contributed by atoms with Crippen LogP contribution in [0.4, 0.5) is 0 Å². The molecule has 0 amide bonds. The van der Waals surface area contributed by atoms with E-state index in [9.17, 15) is 0 Å². The van der Waals surface area contributed by atoms with E-state index in [2.05, 4.69) is 46.9 Å². The van der Waals surface area contributed by atoms with Crippen LogP contribution in [0.3, 0.4) is 0 Å². The third-order valence-electron chi connectivity index (χ3n) is 3.48. The zero-order chi connectivity index (χ0) is 16.3. The Balaban J connectivity index is 1.55. The molecule has 0 saturated heterocycles. The molecule has 0 spiro atoms. The van der Waals surface area contributed by atoms with E-state index in [1.54, 1.807) is 11.3 Å². The van der Waals surface area contributed by atoms with Crippen molar-refractivity contribution >= 4 is 17.3 Å². The summed E-state index contributed by atoms with van der Waals surface area (Å²) in [5, 5.41) is 5.23. The van der Waals surface area contributed by atoms with Crippen molar-refractivity contribution in [3.05, 3.63) is 58.3 Å². The van der Waals surface area contributed by atoms with Crippen molar-refractivity contribution < 1.29 is 4.74 Å². The third-order valence-corrected chi connectivity index (χ3v) is 4.42. The monoisotopic (exact) mass is 331 g/mol. The van der Waals surface area contributed by atoms with E-state index in [4.69, 9.17) is 10.5 Å². The van der Waals surface area contributed by atoms with E-state index in [0.29, 0.717) is 19.1 Å². The van der Waals surface area contributed by atoms with Gasteiger partial charge in [-0.3, -0.25) is 4.99 Å². The lowest BCUT2D eigenvalue weighted by molar-refractivity contribution is 0.0652. The van der Waals surface area contributed by atoms with Crippen LogP contribution in [0, 0.1) is 0 Å². The van der Waals surface area contributed by atoms with Crippen LogP contribution < -0.4 is 11.1 Å². The van der Waals surface area contributed by atoms with Gasteiger partial charge in [-0.2, -0.15) is 0 Å². The maximum Gasteiger partial charge on any atom is 0.188 e. The van der Waals surface area contributed by atoms with Crippen LogP contribution in [-0.4, -0.2) is 25.7 Å². The summed E-state index contributed by atoms with van der Waals surface area (Å²) in [6.07, 6.45) is 1.96. The summed E-state index contributed by atoms with van der Waals surface area (Å²) in [4.78, 5) is 5.67. The zero-order valence-corrected chi connectivity index (χ0v) is 14.4.